The number of hydrogen-bond acceptors (Lipinski definition) is 5. The number of aromatic nitrogens is 2. The van der Waals surface area contributed by atoms with E-state index >= 15 is 0 Å². The number of piperidine rings is 1. The van der Waals surface area contributed by atoms with E-state index in [0.717, 1.165) is 43.5 Å². The van der Waals surface area contributed by atoms with Gasteiger partial charge in [0.25, 0.3) is 5.56 Å². The first-order valence-electron chi connectivity index (χ1n) is 9.42. The Morgan fingerprint density at radius 3 is 2.82 bits per heavy atom. The van der Waals surface area contributed by atoms with Crippen molar-refractivity contribution in [3.63, 3.8) is 0 Å². The molecule has 0 aliphatic carbocycles. The molecule has 3 aromatic rings. The largest absolute Gasteiger partial charge is 0.309 e. The molecule has 0 spiro atoms. The summed E-state index contributed by atoms with van der Waals surface area (Å²) in [5.74, 6) is -0.420. The van der Waals surface area contributed by atoms with Gasteiger partial charge in [-0.25, -0.2) is 4.39 Å². The summed E-state index contributed by atoms with van der Waals surface area (Å²) in [6, 6.07) is 7.23. The van der Waals surface area contributed by atoms with Crippen molar-refractivity contribution in [1.29, 1.82) is 0 Å². The topological polar surface area (TPSA) is 50.2 Å². The number of fused-ring (bicyclic) bond motifs is 1. The van der Waals surface area contributed by atoms with Gasteiger partial charge in [0, 0.05) is 52.5 Å². The number of rotatable bonds is 6. The van der Waals surface area contributed by atoms with Gasteiger partial charge >= 0.3 is 0 Å². The van der Waals surface area contributed by atoms with Crippen LogP contribution in [0.15, 0.2) is 45.1 Å². The van der Waals surface area contributed by atoms with E-state index in [9.17, 15) is 9.18 Å². The van der Waals surface area contributed by atoms with Crippen LogP contribution in [0.2, 0.25) is 0 Å². The summed E-state index contributed by atoms with van der Waals surface area (Å²) in [5, 5.41) is 5.75. The number of thiophene rings is 1. The lowest BCUT2D eigenvalue weighted by Crippen LogP contribution is -2.43. The van der Waals surface area contributed by atoms with Gasteiger partial charge in [0.15, 0.2) is 0 Å². The maximum atomic E-state index is 13.6. The molecule has 148 valence electrons. The second-order valence-corrected chi connectivity index (χ2v) is 9.02. The van der Waals surface area contributed by atoms with Gasteiger partial charge in [-0.2, -0.15) is 0 Å². The molecular formula is C20H22BrFN4OS. The first kappa shape index (κ1) is 19.7. The van der Waals surface area contributed by atoms with Crippen molar-refractivity contribution in [3.8, 4) is 0 Å². The summed E-state index contributed by atoms with van der Waals surface area (Å²) in [6.45, 7) is 4.23. The van der Waals surface area contributed by atoms with E-state index in [1.165, 1.54) is 23.2 Å². The van der Waals surface area contributed by atoms with Crippen LogP contribution >= 0.6 is 27.3 Å². The fourth-order valence-corrected chi connectivity index (χ4v) is 5.07. The van der Waals surface area contributed by atoms with Crippen molar-refractivity contribution < 1.29 is 4.39 Å². The third-order valence-electron chi connectivity index (χ3n) is 5.22. The Hall–Kier alpha value is -1.61. The molecule has 0 aromatic carbocycles. The van der Waals surface area contributed by atoms with E-state index in [0.29, 0.717) is 23.6 Å². The molecular weight excluding hydrogens is 443 g/mol. The third-order valence-corrected chi connectivity index (χ3v) is 6.92. The van der Waals surface area contributed by atoms with Gasteiger partial charge in [0.2, 0.25) is 0 Å². The molecule has 1 aliphatic heterocycles. The zero-order chi connectivity index (χ0) is 19.5. The fourth-order valence-electron chi connectivity index (χ4n) is 3.67. The first-order chi connectivity index (χ1) is 13.6. The van der Waals surface area contributed by atoms with Crippen molar-refractivity contribution in [2.45, 2.75) is 32.0 Å². The minimum absolute atomic E-state index is 0.112. The zero-order valence-electron chi connectivity index (χ0n) is 15.4. The van der Waals surface area contributed by atoms with Crippen molar-refractivity contribution >= 4 is 38.3 Å². The molecule has 5 nitrogen and oxygen atoms in total. The molecule has 4 rings (SSSR count). The van der Waals surface area contributed by atoms with E-state index in [2.05, 4.69) is 42.6 Å². The lowest BCUT2D eigenvalue weighted by Gasteiger charge is -2.32. The number of nitrogens with one attached hydrogen (secondary N) is 1. The number of hydrogen-bond donors (Lipinski definition) is 1. The van der Waals surface area contributed by atoms with Crippen LogP contribution in [-0.2, 0) is 13.1 Å². The molecule has 8 heteroatoms. The van der Waals surface area contributed by atoms with Gasteiger partial charge in [-0.1, -0.05) is 0 Å². The monoisotopic (exact) mass is 464 g/mol. The summed E-state index contributed by atoms with van der Waals surface area (Å²) in [4.78, 5) is 20.1. The number of halogens is 2. The summed E-state index contributed by atoms with van der Waals surface area (Å²) in [5.41, 5.74) is 1.09. The molecule has 1 saturated heterocycles. The fraction of sp³-hybridized carbons (Fsp3) is 0.400. The first-order valence-corrected chi connectivity index (χ1v) is 11.1. The Balaban J connectivity index is 1.31. The second-order valence-electron chi connectivity index (χ2n) is 7.11. The second kappa shape index (κ2) is 8.82. The summed E-state index contributed by atoms with van der Waals surface area (Å²) < 4.78 is 16.4. The molecule has 28 heavy (non-hydrogen) atoms. The maximum Gasteiger partial charge on any atom is 0.251 e. The van der Waals surface area contributed by atoms with Crippen LogP contribution in [0.25, 0.3) is 11.0 Å². The molecule has 0 amide bonds. The van der Waals surface area contributed by atoms with Crippen molar-refractivity contribution in [1.82, 2.24) is 19.8 Å². The molecule has 0 bridgehead atoms. The molecule has 4 heterocycles. The smallest absolute Gasteiger partial charge is 0.251 e. The van der Waals surface area contributed by atoms with Crippen LogP contribution in [0.4, 0.5) is 4.39 Å². The quantitative estimate of drug-likeness (QED) is 0.605. The lowest BCUT2D eigenvalue weighted by atomic mass is 10.1. The normalized spacial score (nSPS) is 16.1. The average Bonchev–Trinajstić information content (AvgIpc) is 3.12. The van der Waals surface area contributed by atoms with E-state index in [1.807, 2.05) is 0 Å². The summed E-state index contributed by atoms with van der Waals surface area (Å²) >= 11 is 5.26. The van der Waals surface area contributed by atoms with E-state index in [-0.39, 0.29) is 5.56 Å². The molecule has 0 radical (unpaired) electrons. The van der Waals surface area contributed by atoms with Crippen LogP contribution in [-0.4, -0.2) is 40.1 Å². The van der Waals surface area contributed by atoms with Gasteiger partial charge in [0.05, 0.1) is 17.2 Å². The molecule has 0 unspecified atom stereocenters. The van der Waals surface area contributed by atoms with Gasteiger partial charge in [0.1, 0.15) is 5.82 Å². The van der Waals surface area contributed by atoms with Gasteiger partial charge in [-0.3, -0.25) is 9.78 Å². The highest BCUT2D eigenvalue weighted by atomic mass is 79.9. The van der Waals surface area contributed by atoms with Crippen LogP contribution in [0.3, 0.4) is 0 Å². The highest BCUT2D eigenvalue weighted by Gasteiger charge is 2.19. The molecule has 0 atom stereocenters. The van der Waals surface area contributed by atoms with E-state index in [4.69, 9.17) is 0 Å². The summed E-state index contributed by atoms with van der Waals surface area (Å²) in [7, 11) is 0. The van der Waals surface area contributed by atoms with E-state index in [1.54, 1.807) is 22.0 Å². The highest BCUT2D eigenvalue weighted by molar-refractivity contribution is 9.10. The zero-order valence-corrected chi connectivity index (χ0v) is 17.8. The standard InChI is InChI=1S/C20H22BrFN4OS/c21-14-9-17(28-13-14)12-23-16-3-5-25(6-4-16)7-8-26-19-10-15(22)11-24-18(19)1-2-20(26)27/h1-2,9-11,13,16,23H,3-8,12H2. The molecule has 3 aromatic heterocycles. The Kier molecular flexibility index (Phi) is 6.20. The van der Waals surface area contributed by atoms with Crippen molar-refractivity contribution in [2.75, 3.05) is 19.6 Å². The molecule has 0 saturated carbocycles. The third kappa shape index (κ3) is 4.68. The SMILES string of the molecule is O=c1ccc2ncc(F)cc2n1CCN1CCC(NCc2cc(Br)cs2)CC1. The lowest BCUT2D eigenvalue weighted by molar-refractivity contribution is 0.191. The Labute approximate surface area is 175 Å². The van der Waals surface area contributed by atoms with Gasteiger partial charge in [-0.05, 0) is 54.0 Å². The van der Waals surface area contributed by atoms with Crippen LogP contribution in [0, 0.1) is 5.82 Å². The Morgan fingerprint density at radius 1 is 1.25 bits per heavy atom. The molecule has 1 fully saturated rings. The van der Waals surface area contributed by atoms with Gasteiger partial charge < -0.3 is 14.8 Å². The van der Waals surface area contributed by atoms with Crippen LogP contribution < -0.4 is 10.9 Å². The molecule has 1 aliphatic rings. The Morgan fingerprint density at radius 2 is 2.07 bits per heavy atom. The minimum Gasteiger partial charge on any atom is -0.309 e. The Bertz CT molecular complexity index is 1010. The number of likely N-dealkylation sites (tertiary alicyclic amines) is 1. The summed E-state index contributed by atoms with van der Waals surface area (Å²) in [6.07, 6.45) is 3.37. The van der Waals surface area contributed by atoms with E-state index < -0.39 is 5.82 Å². The van der Waals surface area contributed by atoms with Crippen molar-refractivity contribution in [3.05, 3.63) is 61.4 Å². The maximum absolute atomic E-state index is 13.6. The average molecular weight is 465 g/mol. The van der Waals surface area contributed by atoms with Crippen molar-refractivity contribution in [2.24, 2.45) is 0 Å². The van der Waals surface area contributed by atoms with Crippen LogP contribution in [0.1, 0.15) is 17.7 Å². The minimum atomic E-state index is -0.420. The van der Waals surface area contributed by atoms with Gasteiger partial charge in [-0.15, -0.1) is 11.3 Å². The van der Waals surface area contributed by atoms with Crippen LogP contribution in [0.5, 0.6) is 0 Å². The number of pyridine rings is 2. The highest BCUT2D eigenvalue weighted by Crippen LogP contribution is 2.20. The molecule has 1 N–H and O–H groups in total. The number of nitrogens with zero attached hydrogens (tertiary/aromatic N) is 3. The predicted octanol–water partition coefficient (Wildman–Crippen LogP) is 3.61. The predicted molar refractivity (Wildman–Crippen MR) is 114 cm³/mol.